The number of hydrogen-bond acceptors (Lipinski definition) is 6. The van der Waals surface area contributed by atoms with E-state index in [-0.39, 0.29) is 12.1 Å². The third kappa shape index (κ3) is 6.42. The van der Waals surface area contributed by atoms with Gasteiger partial charge in [-0.1, -0.05) is 12.1 Å². The maximum absolute atomic E-state index is 11.5. The molecule has 1 aromatic carbocycles. The van der Waals surface area contributed by atoms with E-state index in [1.165, 1.54) is 0 Å². The van der Waals surface area contributed by atoms with Crippen molar-refractivity contribution in [1.82, 2.24) is 10.2 Å². The van der Waals surface area contributed by atoms with E-state index < -0.39 is 5.91 Å². The Balaban J connectivity index is 1.87. The predicted molar refractivity (Wildman–Crippen MR) is 96.5 cm³/mol. The van der Waals surface area contributed by atoms with Gasteiger partial charge in [-0.2, -0.15) is 5.10 Å². The van der Waals surface area contributed by atoms with E-state index in [0.717, 1.165) is 24.2 Å². The van der Waals surface area contributed by atoms with Gasteiger partial charge in [0.25, 0.3) is 5.91 Å². The first-order chi connectivity index (χ1) is 11.9. The number of benzene rings is 1. The number of cyclic esters (lactones) is 1. The molecular formula is C17H25N5O3. The molecule has 1 fully saturated rings. The van der Waals surface area contributed by atoms with Gasteiger partial charge in [0.15, 0.2) is 0 Å². The Morgan fingerprint density at radius 2 is 2.12 bits per heavy atom. The second kappa shape index (κ2) is 9.03. The number of ether oxygens (including phenoxy) is 1. The van der Waals surface area contributed by atoms with Gasteiger partial charge in [0.2, 0.25) is 0 Å². The SMILES string of the molecule is CN(C)CCC/C(=N/Nc1ccc(C[C@H]2COC(=O)N2)cc1)C(N)=O. The maximum atomic E-state index is 11.5. The zero-order chi connectivity index (χ0) is 18.2. The molecule has 8 nitrogen and oxygen atoms in total. The Labute approximate surface area is 147 Å². The maximum Gasteiger partial charge on any atom is 0.407 e. The lowest BCUT2D eigenvalue weighted by molar-refractivity contribution is -0.112. The summed E-state index contributed by atoms with van der Waals surface area (Å²) in [5, 5.41) is 6.87. The molecule has 1 heterocycles. The Morgan fingerprint density at radius 1 is 1.40 bits per heavy atom. The van der Waals surface area contributed by atoms with Crippen LogP contribution in [0.4, 0.5) is 10.5 Å². The normalized spacial score (nSPS) is 17.3. The van der Waals surface area contributed by atoms with Crippen LogP contribution in [0.1, 0.15) is 18.4 Å². The highest BCUT2D eigenvalue weighted by Crippen LogP contribution is 2.13. The summed E-state index contributed by atoms with van der Waals surface area (Å²) < 4.78 is 4.87. The number of amides is 2. The second-order valence-electron chi connectivity index (χ2n) is 6.28. The first kappa shape index (κ1) is 18.7. The number of rotatable bonds is 9. The first-order valence-electron chi connectivity index (χ1n) is 8.23. The van der Waals surface area contributed by atoms with E-state index >= 15 is 0 Å². The number of carbonyl (C=O) groups is 2. The lowest BCUT2D eigenvalue weighted by Crippen LogP contribution is -2.28. The standard InChI is InChI=1S/C17H25N5O3/c1-22(2)9-3-4-15(16(18)23)21-20-13-7-5-12(6-8-13)10-14-11-25-17(24)19-14/h5-8,14,20H,3-4,9-11H2,1-2H3,(H2,18,23)(H,19,24)/b21-15-/t14-/m0/s1. The van der Waals surface area contributed by atoms with Crippen molar-refractivity contribution >= 4 is 23.4 Å². The average Bonchev–Trinajstić information content (AvgIpc) is 2.96. The number of nitrogens with zero attached hydrogens (tertiary/aromatic N) is 2. The van der Waals surface area contributed by atoms with Gasteiger partial charge in [0, 0.05) is 0 Å². The molecule has 0 bridgehead atoms. The Hall–Kier alpha value is -2.61. The topological polar surface area (TPSA) is 109 Å². The minimum atomic E-state index is -0.514. The quantitative estimate of drug-likeness (QED) is 0.455. The number of carbonyl (C=O) groups excluding carboxylic acids is 2. The first-order valence-corrected chi connectivity index (χ1v) is 8.23. The van der Waals surface area contributed by atoms with Gasteiger partial charge in [0.05, 0.1) is 11.7 Å². The van der Waals surface area contributed by atoms with Gasteiger partial charge in [-0.25, -0.2) is 4.79 Å². The number of primary amides is 1. The van der Waals surface area contributed by atoms with Crippen LogP contribution in [-0.4, -0.2) is 55.9 Å². The van der Waals surface area contributed by atoms with Crippen molar-refractivity contribution in [1.29, 1.82) is 0 Å². The molecule has 1 atom stereocenters. The molecule has 4 N–H and O–H groups in total. The van der Waals surface area contributed by atoms with Gasteiger partial charge in [-0.3, -0.25) is 10.2 Å². The summed E-state index contributed by atoms with van der Waals surface area (Å²) in [5.41, 5.74) is 10.4. The molecule has 0 spiro atoms. The smallest absolute Gasteiger partial charge is 0.407 e. The van der Waals surface area contributed by atoms with Crippen molar-refractivity contribution in [2.24, 2.45) is 10.8 Å². The summed E-state index contributed by atoms with van der Waals surface area (Å²) in [6.07, 6.45) is 1.67. The summed E-state index contributed by atoms with van der Waals surface area (Å²) >= 11 is 0. The third-order valence-corrected chi connectivity index (χ3v) is 3.80. The van der Waals surface area contributed by atoms with E-state index in [1.807, 2.05) is 43.3 Å². The van der Waals surface area contributed by atoms with Gasteiger partial charge in [-0.05, 0) is 57.6 Å². The van der Waals surface area contributed by atoms with E-state index in [9.17, 15) is 9.59 Å². The van der Waals surface area contributed by atoms with E-state index in [4.69, 9.17) is 10.5 Å². The summed E-state index contributed by atoms with van der Waals surface area (Å²) in [4.78, 5) is 24.5. The molecule has 0 radical (unpaired) electrons. The molecule has 1 saturated heterocycles. The van der Waals surface area contributed by atoms with Crippen LogP contribution in [0.2, 0.25) is 0 Å². The number of anilines is 1. The largest absolute Gasteiger partial charge is 0.447 e. The van der Waals surface area contributed by atoms with E-state index in [1.54, 1.807) is 0 Å². The number of hydrogen-bond donors (Lipinski definition) is 3. The fraction of sp³-hybridized carbons (Fsp3) is 0.471. The molecule has 1 aliphatic rings. The summed E-state index contributed by atoms with van der Waals surface area (Å²) in [6.45, 7) is 1.25. The fourth-order valence-corrected chi connectivity index (χ4v) is 2.47. The van der Waals surface area contributed by atoms with Crippen molar-refractivity contribution < 1.29 is 14.3 Å². The van der Waals surface area contributed by atoms with Crippen LogP contribution in [0.15, 0.2) is 29.4 Å². The molecule has 0 aliphatic carbocycles. The molecule has 136 valence electrons. The molecule has 2 amide bonds. The highest BCUT2D eigenvalue weighted by molar-refractivity contribution is 6.38. The monoisotopic (exact) mass is 347 g/mol. The second-order valence-corrected chi connectivity index (χ2v) is 6.28. The summed E-state index contributed by atoms with van der Waals surface area (Å²) in [5.74, 6) is -0.514. The van der Waals surface area contributed by atoms with Gasteiger partial charge < -0.3 is 20.7 Å². The zero-order valence-corrected chi connectivity index (χ0v) is 14.6. The summed E-state index contributed by atoms with van der Waals surface area (Å²) in [6, 6.07) is 7.63. The number of alkyl carbamates (subject to hydrolysis) is 1. The van der Waals surface area contributed by atoms with Crippen LogP contribution in [-0.2, 0) is 16.0 Å². The third-order valence-electron chi connectivity index (χ3n) is 3.80. The lowest BCUT2D eigenvalue weighted by atomic mass is 10.1. The van der Waals surface area contributed by atoms with Gasteiger partial charge >= 0.3 is 6.09 Å². The van der Waals surface area contributed by atoms with E-state index in [0.29, 0.717) is 25.2 Å². The fourth-order valence-electron chi connectivity index (χ4n) is 2.47. The molecule has 0 saturated carbocycles. The number of hydrazone groups is 1. The van der Waals surface area contributed by atoms with Crippen LogP contribution in [0.3, 0.4) is 0 Å². The van der Waals surface area contributed by atoms with Crippen molar-refractivity contribution in [2.45, 2.75) is 25.3 Å². The summed E-state index contributed by atoms with van der Waals surface area (Å²) in [7, 11) is 3.95. The van der Waals surface area contributed by atoms with Crippen LogP contribution in [0.5, 0.6) is 0 Å². The molecule has 0 unspecified atom stereocenters. The van der Waals surface area contributed by atoms with Crippen LogP contribution in [0.25, 0.3) is 0 Å². The molecule has 1 aromatic rings. The molecular weight excluding hydrogens is 322 g/mol. The lowest BCUT2D eigenvalue weighted by Gasteiger charge is -2.10. The van der Waals surface area contributed by atoms with E-state index in [2.05, 4.69) is 15.8 Å². The average molecular weight is 347 g/mol. The molecule has 2 rings (SSSR count). The Kier molecular flexibility index (Phi) is 6.76. The minimum absolute atomic E-state index is 0.00231. The van der Waals surface area contributed by atoms with Crippen molar-refractivity contribution in [3.05, 3.63) is 29.8 Å². The minimum Gasteiger partial charge on any atom is -0.447 e. The number of nitrogens with one attached hydrogen (secondary N) is 2. The molecule has 0 aromatic heterocycles. The zero-order valence-electron chi connectivity index (χ0n) is 14.6. The predicted octanol–water partition coefficient (Wildman–Crippen LogP) is 0.932. The van der Waals surface area contributed by atoms with Crippen LogP contribution < -0.4 is 16.5 Å². The highest BCUT2D eigenvalue weighted by Gasteiger charge is 2.21. The van der Waals surface area contributed by atoms with Crippen molar-refractivity contribution in [3.63, 3.8) is 0 Å². The van der Waals surface area contributed by atoms with Crippen molar-refractivity contribution in [2.75, 3.05) is 32.7 Å². The van der Waals surface area contributed by atoms with Crippen LogP contribution >= 0.6 is 0 Å². The van der Waals surface area contributed by atoms with Crippen molar-refractivity contribution in [3.8, 4) is 0 Å². The Morgan fingerprint density at radius 3 is 2.68 bits per heavy atom. The van der Waals surface area contributed by atoms with Gasteiger partial charge in [0.1, 0.15) is 12.3 Å². The van der Waals surface area contributed by atoms with Crippen LogP contribution in [0, 0.1) is 0 Å². The Bertz CT molecular complexity index is 628. The molecule has 1 aliphatic heterocycles. The molecule has 8 heteroatoms. The number of nitrogens with two attached hydrogens (primary N) is 1. The van der Waals surface area contributed by atoms with Gasteiger partial charge in [-0.15, -0.1) is 0 Å². The molecule has 25 heavy (non-hydrogen) atoms. The highest BCUT2D eigenvalue weighted by atomic mass is 16.6.